The van der Waals surface area contributed by atoms with Crippen molar-refractivity contribution in [1.29, 1.82) is 0 Å². The number of benzene rings is 4. The van der Waals surface area contributed by atoms with Gasteiger partial charge in [0.15, 0.2) is 0 Å². The molecule has 0 atom stereocenters. The first-order chi connectivity index (χ1) is 16.1. The molecule has 0 aliphatic heterocycles. The monoisotopic (exact) mass is 438 g/mol. The molecule has 164 valence electrons. The van der Waals surface area contributed by atoms with E-state index < -0.39 is 11.9 Å². The quantitative estimate of drug-likeness (QED) is 0.264. The van der Waals surface area contributed by atoms with Crippen LogP contribution in [0.2, 0.25) is 0 Å². The molecule has 0 aromatic heterocycles. The van der Waals surface area contributed by atoms with Gasteiger partial charge in [-0.15, -0.1) is 0 Å². The first-order valence-corrected chi connectivity index (χ1v) is 10.4. The Hall–Kier alpha value is -4.38. The van der Waals surface area contributed by atoms with Gasteiger partial charge in [-0.2, -0.15) is 0 Å². The number of ether oxygens (including phenoxy) is 3. The predicted molar refractivity (Wildman–Crippen MR) is 125 cm³/mol. The van der Waals surface area contributed by atoms with Gasteiger partial charge in [-0.1, -0.05) is 54.6 Å². The van der Waals surface area contributed by atoms with E-state index in [1.807, 2.05) is 66.7 Å². The first kappa shape index (κ1) is 21.8. The molecular weight excluding hydrogens is 416 g/mol. The van der Waals surface area contributed by atoms with Crippen LogP contribution in [0.1, 0.15) is 26.3 Å². The molecule has 0 saturated heterocycles. The topological polar surface area (TPSA) is 61.8 Å². The molecule has 0 aliphatic rings. The summed E-state index contributed by atoms with van der Waals surface area (Å²) in [6.45, 7) is 0.197. The summed E-state index contributed by atoms with van der Waals surface area (Å²) in [5.41, 5.74) is 3.72. The molecule has 0 amide bonds. The molecule has 5 nitrogen and oxygen atoms in total. The van der Waals surface area contributed by atoms with Crippen molar-refractivity contribution in [1.82, 2.24) is 0 Å². The van der Waals surface area contributed by atoms with Crippen molar-refractivity contribution in [3.63, 3.8) is 0 Å². The van der Waals surface area contributed by atoms with E-state index in [-0.39, 0.29) is 6.61 Å². The summed E-state index contributed by atoms with van der Waals surface area (Å²) in [5, 5.41) is 0. The van der Waals surface area contributed by atoms with Gasteiger partial charge in [-0.3, -0.25) is 0 Å². The van der Waals surface area contributed by atoms with Crippen molar-refractivity contribution >= 4 is 11.9 Å². The van der Waals surface area contributed by atoms with Gasteiger partial charge in [0.05, 0.1) is 18.2 Å². The van der Waals surface area contributed by atoms with Gasteiger partial charge in [0, 0.05) is 0 Å². The summed E-state index contributed by atoms with van der Waals surface area (Å²) in [6, 6.07) is 30.6. The smallest absolute Gasteiger partial charge is 0.343 e. The third-order valence-electron chi connectivity index (χ3n) is 5.06. The van der Waals surface area contributed by atoms with E-state index in [0.29, 0.717) is 16.9 Å². The lowest BCUT2D eigenvalue weighted by atomic mass is 10.0. The number of hydrogen-bond acceptors (Lipinski definition) is 5. The van der Waals surface area contributed by atoms with E-state index in [2.05, 4.69) is 0 Å². The SMILES string of the molecule is COc1ccc(-c2ccc(C(=O)Oc3ccc(C(=O)OCc4ccccc4)cc3)cc2)cc1. The first-order valence-electron chi connectivity index (χ1n) is 10.4. The maximum absolute atomic E-state index is 12.5. The van der Waals surface area contributed by atoms with E-state index in [1.165, 1.54) is 0 Å². The van der Waals surface area contributed by atoms with Crippen LogP contribution in [0, 0.1) is 0 Å². The molecule has 0 heterocycles. The Labute approximate surface area is 192 Å². The largest absolute Gasteiger partial charge is 0.497 e. The molecular formula is C28H22O5. The van der Waals surface area contributed by atoms with E-state index in [1.54, 1.807) is 43.5 Å². The fourth-order valence-corrected chi connectivity index (χ4v) is 3.21. The van der Waals surface area contributed by atoms with Crippen LogP contribution in [0.15, 0.2) is 103 Å². The number of methoxy groups -OCH3 is 1. The third kappa shape index (κ3) is 5.66. The van der Waals surface area contributed by atoms with Crippen LogP contribution in [0.4, 0.5) is 0 Å². The molecule has 4 rings (SSSR count). The lowest BCUT2D eigenvalue weighted by Gasteiger charge is -2.08. The fraction of sp³-hybridized carbons (Fsp3) is 0.0714. The molecule has 0 fully saturated rings. The van der Waals surface area contributed by atoms with Gasteiger partial charge in [0.25, 0.3) is 0 Å². The summed E-state index contributed by atoms with van der Waals surface area (Å²) in [7, 11) is 1.63. The number of carbonyl (C=O) groups excluding carboxylic acids is 2. The summed E-state index contributed by atoms with van der Waals surface area (Å²) >= 11 is 0. The second-order valence-corrected chi connectivity index (χ2v) is 7.28. The van der Waals surface area contributed by atoms with Crippen LogP contribution < -0.4 is 9.47 Å². The average molecular weight is 438 g/mol. The zero-order valence-electron chi connectivity index (χ0n) is 18.1. The number of carbonyl (C=O) groups is 2. The Morgan fingerprint density at radius 3 is 1.73 bits per heavy atom. The van der Waals surface area contributed by atoms with Gasteiger partial charge in [0.1, 0.15) is 18.1 Å². The van der Waals surface area contributed by atoms with E-state index >= 15 is 0 Å². The summed E-state index contributed by atoms with van der Waals surface area (Å²) in [6.07, 6.45) is 0. The predicted octanol–water partition coefficient (Wildman–Crippen LogP) is 5.94. The van der Waals surface area contributed by atoms with E-state index in [9.17, 15) is 9.59 Å². The van der Waals surface area contributed by atoms with Crippen molar-refractivity contribution in [2.24, 2.45) is 0 Å². The molecule has 0 radical (unpaired) electrons. The van der Waals surface area contributed by atoms with Crippen molar-refractivity contribution in [2.75, 3.05) is 7.11 Å². The molecule has 4 aromatic rings. The van der Waals surface area contributed by atoms with Crippen LogP contribution in [-0.4, -0.2) is 19.0 Å². The number of rotatable bonds is 7. The maximum Gasteiger partial charge on any atom is 0.343 e. The minimum Gasteiger partial charge on any atom is -0.497 e. The molecule has 0 unspecified atom stereocenters. The van der Waals surface area contributed by atoms with Crippen molar-refractivity contribution in [2.45, 2.75) is 6.61 Å². The maximum atomic E-state index is 12.5. The van der Waals surface area contributed by atoms with Gasteiger partial charge in [-0.05, 0) is 65.2 Å². The molecule has 33 heavy (non-hydrogen) atoms. The summed E-state index contributed by atoms with van der Waals surface area (Å²) in [5.74, 6) is 0.217. The van der Waals surface area contributed by atoms with Crippen LogP contribution in [0.3, 0.4) is 0 Å². The van der Waals surface area contributed by atoms with Crippen molar-refractivity contribution in [3.05, 3.63) is 120 Å². The summed E-state index contributed by atoms with van der Waals surface area (Å²) in [4.78, 5) is 24.7. The Kier molecular flexibility index (Phi) is 6.81. The molecule has 0 bridgehead atoms. The van der Waals surface area contributed by atoms with E-state index in [4.69, 9.17) is 14.2 Å². The Morgan fingerprint density at radius 2 is 1.12 bits per heavy atom. The second kappa shape index (κ2) is 10.3. The minimum absolute atomic E-state index is 0.197. The zero-order chi connectivity index (χ0) is 23.0. The fourth-order valence-electron chi connectivity index (χ4n) is 3.21. The van der Waals surface area contributed by atoms with E-state index in [0.717, 1.165) is 22.4 Å². The molecule has 0 saturated carbocycles. The van der Waals surface area contributed by atoms with Crippen LogP contribution in [-0.2, 0) is 11.3 Å². The van der Waals surface area contributed by atoms with Crippen LogP contribution in [0.5, 0.6) is 11.5 Å². The van der Waals surface area contributed by atoms with Crippen LogP contribution in [0.25, 0.3) is 11.1 Å². The molecule has 4 aromatic carbocycles. The van der Waals surface area contributed by atoms with Gasteiger partial charge in [0.2, 0.25) is 0 Å². The highest BCUT2D eigenvalue weighted by Crippen LogP contribution is 2.23. The molecule has 0 aliphatic carbocycles. The Balaban J connectivity index is 1.34. The third-order valence-corrected chi connectivity index (χ3v) is 5.06. The van der Waals surface area contributed by atoms with Gasteiger partial charge < -0.3 is 14.2 Å². The highest BCUT2D eigenvalue weighted by molar-refractivity contribution is 5.92. The highest BCUT2D eigenvalue weighted by atomic mass is 16.5. The second-order valence-electron chi connectivity index (χ2n) is 7.28. The number of esters is 2. The van der Waals surface area contributed by atoms with Gasteiger partial charge in [-0.25, -0.2) is 9.59 Å². The zero-order valence-corrected chi connectivity index (χ0v) is 18.1. The Morgan fingerprint density at radius 1 is 0.606 bits per heavy atom. The lowest BCUT2D eigenvalue weighted by Crippen LogP contribution is -2.09. The molecule has 0 N–H and O–H groups in total. The van der Waals surface area contributed by atoms with Gasteiger partial charge >= 0.3 is 11.9 Å². The standard InChI is InChI=1S/C28H22O5/c1-31-25-15-11-22(12-16-25)21-7-9-24(10-8-21)28(30)33-26-17-13-23(14-18-26)27(29)32-19-20-5-3-2-4-6-20/h2-18H,19H2,1H3. The minimum atomic E-state index is -0.476. The normalized spacial score (nSPS) is 10.3. The van der Waals surface area contributed by atoms with Crippen molar-refractivity contribution < 1.29 is 23.8 Å². The average Bonchev–Trinajstić information content (AvgIpc) is 2.88. The number of hydrogen-bond donors (Lipinski definition) is 0. The Bertz CT molecular complexity index is 1210. The van der Waals surface area contributed by atoms with Crippen molar-refractivity contribution in [3.8, 4) is 22.6 Å². The molecule has 0 spiro atoms. The van der Waals surface area contributed by atoms with Crippen LogP contribution >= 0.6 is 0 Å². The highest BCUT2D eigenvalue weighted by Gasteiger charge is 2.11. The lowest BCUT2D eigenvalue weighted by molar-refractivity contribution is 0.0472. The summed E-state index contributed by atoms with van der Waals surface area (Å²) < 4.78 is 15.9. The molecule has 5 heteroatoms.